The first kappa shape index (κ1) is 12.7. The molecule has 64 valence electrons. The summed E-state index contributed by atoms with van der Waals surface area (Å²) >= 11 is 0. The Morgan fingerprint density at radius 2 is 1.55 bits per heavy atom. The zero-order valence-electron chi connectivity index (χ0n) is 8.18. The van der Waals surface area contributed by atoms with E-state index < -0.39 is 0 Å². The molecule has 0 aliphatic heterocycles. The predicted molar refractivity (Wildman–Crippen MR) is 53.4 cm³/mol. The Kier molecular flexibility index (Phi) is 10.5. The van der Waals surface area contributed by atoms with Gasteiger partial charge in [0.15, 0.2) is 0 Å². The maximum atomic E-state index is 3.83. The van der Waals surface area contributed by atoms with Crippen LogP contribution in [0.25, 0.3) is 0 Å². The summed E-state index contributed by atoms with van der Waals surface area (Å²) in [4.78, 5) is 0. The minimum atomic E-state index is 0.844. The minimum Gasteiger partial charge on any atom is -0.160 e. The number of hydrogen-bond donors (Lipinski definition) is 0. The zero-order chi connectivity index (χ0) is 9.28. The first-order valence-corrected chi connectivity index (χ1v) is 3.84. The molecule has 0 atom stereocenters. The molecule has 0 aliphatic rings. The quantitative estimate of drug-likeness (QED) is 0.431. The summed E-state index contributed by atoms with van der Waals surface area (Å²) in [6.45, 7) is 13.2. The van der Waals surface area contributed by atoms with Gasteiger partial charge in [-0.15, -0.1) is 0 Å². The molecule has 0 heterocycles. The van der Waals surface area contributed by atoms with Crippen molar-refractivity contribution in [2.45, 2.75) is 34.6 Å². The fraction of sp³-hybridized carbons (Fsp3) is 0.556. The van der Waals surface area contributed by atoms with Crippen LogP contribution in [0.3, 0.4) is 0 Å². The molecular weight excluding hydrogens is 136 g/mol. The molecular formula is C9H18N2. The predicted octanol–water partition coefficient (Wildman–Crippen LogP) is 3.06. The van der Waals surface area contributed by atoms with E-state index in [1.54, 1.807) is 6.08 Å². The first-order valence-electron chi connectivity index (χ1n) is 3.84. The van der Waals surface area contributed by atoms with Gasteiger partial charge in [0, 0.05) is 5.71 Å². The van der Waals surface area contributed by atoms with Crippen molar-refractivity contribution in [3.8, 4) is 0 Å². The van der Waals surface area contributed by atoms with Gasteiger partial charge in [0.2, 0.25) is 0 Å². The maximum absolute atomic E-state index is 3.83. The highest BCUT2D eigenvalue weighted by Crippen LogP contribution is 1.81. The maximum Gasteiger partial charge on any atom is 0.0593 e. The second-order valence-electron chi connectivity index (χ2n) is 1.99. The molecule has 2 nitrogen and oxygen atoms in total. The van der Waals surface area contributed by atoms with Gasteiger partial charge in [-0.3, -0.25) is 0 Å². The molecule has 0 aliphatic carbocycles. The van der Waals surface area contributed by atoms with Gasteiger partial charge in [0.1, 0.15) is 0 Å². The molecule has 0 amide bonds. The average molecular weight is 154 g/mol. The largest absolute Gasteiger partial charge is 0.160 e. The number of rotatable bonds is 2. The van der Waals surface area contributed by atoms with Crippen LogP contribution in [0.4, 0.5) is 0 Å². The lowest BCUT2D eigenvalue weighted by molar-refractivity contribution is 1.22. The first-order chi connectivity index (χ1) is 5.16. The Hall–Kier alpha value is -0.920. The van der Waals surface area contributed by atoms with Crippen LogP contribution in [-0.2, 0) is 0 Å². The van der Waals surface area contributed by atoms with E-state index in [0.717, 1.165) is 11.4 Å². The molecule has 0 aromatic heterocycles. The van der Waals surface area contributed by atoms with E-state index in [2.05, 4.69) is 16.8 Å². The molecule has 0 spiro atoms. The third kappa shape index (κ3) is 12.3. The van der Waals surface area contributed by atoms with Gasteiger partial charge in [0.25, 0.3) is 0 Å². The van der Waals surface area contributed by atoms with Crippen molar-refractivity contribution in [2.24, 2.45) is 10.2 Å². The Balaban J connectivity index is 0. The summed E-state index contributed by atoms with van der Waals surface area (Å²) in [5.41, 5.74) is 1.80. The Bertz CT molecular complexity index is 151. The molecule has 0 aromatic carbocycles. The second kappa shape index (κ2) is 9.08. The molecule has 0 N–H and O–H groups in total. The zero-order valence-corrected chi connectivity index (χ0v) is 8.18. The van der Waals surface area contributed by atoms with Crippen molar-refractivity contribution < 1.29 is 0 Å². The monoisotopic (exact) mass is 154 g/mol. The van der Waals surface area contributed by atoms with Crippen molar-refractivity contribution in [3.63, 3.8) is 0 Å². The molecule has 0 unspecified atom stereocenters. The van der Waals surface area contributed by atoms with Crippen LogP contribution in [0.5, 0.6) is 0 Å². The summed E-state index contributed by atoms with van der Waals surface area (Å²) in [5, 5.41) is 7.66. The number of allylic oxidation sites excluding steroid dienone is 1. The van der Waals surface area contributed by atoms with E-state index in [0.29, 0.717) is 0 Å². The van der Waals surface area contributed by atoms with Crippen LogP contribution in [0.1, 0.15) is 34.6 Å². The highest BCUT2D eigenvalue weighted by molar-refractivity contribution is 5.92. The smallest absolute Gasteiger partial charge is 0.0593 e. The minimum absolute atomic E-state index is 0.844. The lowest BCUT2D eigenvalue weighted by Crippen LogP contribution is -1.83. The van der Waals surface area contributed by atoms with E-state index >= 15 is 0 Å². The van der Waals surface area contributed by atoms with Crippen molar-refractivity contribution in [3.05, 3.63) is 12.7 Å². The summed E-state index contributed by atoms with van der Waals surface area (Å²) in [6.07, 6.45) is 1.67. The van der Waals surface area contributed by atoms with E-state index in [1.807, 2.05) is 34.6 Å². The number of nitrogens with zero attached hydrogens (tertiary/aromatic N) is 2. The van der Waals surface area contributed by atoms with Gasteiger partial charge < -0.3 is 0 Å². The summed E-state index contributed by atoms with van der Waals surface area (Å²) in [7, 11) is 0. The summed E-state index contributed by atoms with van der Waals surface area (Å²) < 4.78 is 0. The van der Waals surface area contributed by atoms with Gasteiger partial charge in [-0.05, 0) is 26.8 Å². The molecule has 0 bridgehead atoms. The molecule has 11 heavy (non-hydrogen) atoms. The van der Waals surface area contributed by atoms with Crippen molar-refractivity contribution in [2.75, 3.05) is 0 Å². The van der Waals surface area contributed by atoms with Crippen LogP contribution >= 0.6 is 0 Å². The third-order valence-corrected chi connectivity index (χ3v) is 0.703. The van der Waals surface area contributed by atoms with Gasteiger partial charge in [-0.2, -0.15) is 10.2 Å². The molecule has 0 saturated heterocycles. The van der Waals surface area contributed by atoms with E-state index in [-0.39, 0.29) is 0 Å². The van der Waals surface area contributed by atoms with E-state index in [9.17, 15) is 0 Å². The fourth-order valence-corrected chi connectivity index (χ4v) is 0.220. The molecule has 0 fully saturated rings. The molecule has 0 rings (SSSR count). The Morgan fingerprint density at radius 3 is 1.82 bits per heavy atom. The van der Waals surface area contributed by atoms with Crippen LogP contribution in [-0.4, -0.2) is 11.4 Å². The Labute approximate surface area is 69.7 Å². The van der Waals surface area contributed by atoms with Crippen LogP contribution in [0.2, 0.25) is 0 Å². The summed E-state index contributed by atoms with van der Waals surface area (Å²) in [5.74, 6) is 0. The average Bonchev–Trinajstić information content (AvgIpc) is 2.04. The molecule has 2 heteroatoms. The molecule has 0 aromatic rings. The topological polar surface area (TPSA) is 24.7 Å². The lowest BCUT2D eigenvalue weighted by atomic mass is 10.4. The second-order valence-corrected chi connectivity index (χ2v) is 1.99. The SMILES string of the molecule is C=C/C(C)=N\N=C(C)C.CC. The van der Waals surface area contributed by atoms with Crippen LogP contribution in [0, 0.1) is 0 Å². The van der Waals surface area contributed by atoms with Gasteiger partial charge in [0.05, 0.1) is 5.71 Å². The summed E-state index contributed by atoms with van der Waals surface area (Å²) in [6, 6.07) is 0. The highest BCUT2D eigenvalue weighted by Gasteiger charge is 1.77. The highest BCUT2D eigenvalue weighted by atomic mass is 15.2. The Morgan fingerprint density at radius 1 is 1.09 bits per heavy atom. The third-order valence-electron chi connectivity index (χ3n) is 0.703. The standard InChI is InChI=1S/C7H12N2.C2H6/c1-5-7(4)9-8-6(2)3;1-2/h5H,1H2,2-4H3;1-2H3/b9-7-;. The van der Waals surface area contributed by atoms with Crippen molar-refractivity contribution >= 4 is 11.4 Å². The normalized spacial score (nSPS) is 9.36. The van der Waals surface area contributed by atoms with Gasteiger partial charge in [-0.25, -0.2) is 0 Å². The lowest BCUT2D eigenvalue weighted by Gasteiger charge is -1.84. The van der Waals surface area contributed by atoms with Crippen molar-refractivity contribution in [1.29, 1.82) is 0 Å². The van der Waals surface area contributed by atoms with E-state index in [4.69, 9.17) is 0 Å². The van der Waals surface area contributed by atoms with E-state index in [1.165, 1.54) is 0 Å². The van der Waals surface area contributed by atoms with Crippen LogP contribution in [0.15, 0.2) is 22.9 Å². The van der Waals surface area contributed by atoms with Gasteiger partial charge >= 0.3 is 0 Å². The molecule has 0 radical (unpaired) electrons. The van der Waals surface area contributed by atoms with Gasteiger partial charge in [-0.1, -0.05) is 20.4 Å². The fourth-order valence-electron chi connectivity index (χ4n) is 0.220. The number of hydrogen-bond acceptors (Lipinski definition) is 2. The molecule has 0 saturated carbocycles. The van der Waals surface area contributed by atoms with Crippen LogP contribution < -0.4 is 0 Å². The van der Waals surface area contributed by atoms with Crippen molar-refractivity contribution in [1.82, 2.24) is 0 Å².